The van der Waals surface area contributed by atoms with Crippen molar-refractivity contribution in [1.29, 1.82) is 0 Å². The van der Waals surface area contributed by atoms with Gasteiger partial charge in [-0.1, -0.05) is 19.6 Å². The van der Waals surface area contributed by atoms with E-state index in [0.29, 0.717) is 19.8 Å². The molecule has 0 saturated carbocycles. The van der Waals surface area contributed by atoms with Crippen LogP contribution in [0.3, 0.4) is 0 Å². The van der Waals surface area contributed by atoms with E-state index in [1.165, 1.54) is 0 Å². The molecule has 3 heterocycles. The molecule has 1 amide bonds. The average molecular weight is 477 g/mol. The minimum atomic E-state index is -1.13. The molecule has 0 radical (unpaired) electrons. The van der Waals surface area contributed by atoms with Crippen LogP contribution >= 0.6 is 0 Å². The number of rotatable bonds is 7. The van der Waals surface area contributed by atoms with Gasteiger partial charge in [-0.15, -0.1) is 0 Å². The number of likely N-dealkylation sites (N-methyl/N-ethyl adjacent to an activating group) is 1. The van der Waals surface area contributed by atoms with Crippen molar-refractivity contribution in [3.8, 4) is 0 Å². The van der Waals surface area contributed by atoms with E-state index < -0.39 is 13.7 Å². The van der Waals surface area contributed by atoms with Crippen LogP contribution in [-0.4, -0.2) is 77.2 Å². The van der Waals surface area contributed by atoms with Gasteiger partial charge >= 0.3 is 6.09 Å². The maximum absolute atomic E-state index is 12.7. The summed E-state index contributed by atoms with van der Waals surface area (Å²) in [5.41, 5.74) is 0.257. The highest BCUT2D eigenvalue weighted by molar-refractivity contribution is 6.76. The summed E-state index contributed by atoms with van der Waals surface area (Å²) >= 11 is 0. The van der Waals surface area contributed by atoms with Crippen LogP contribution in [0.4, 0.5) is 10.6 Å². The molecule has 1 aliphatic rings. The third-order valence-corrected chi connectivity index (χ3v) is 7.51. The summed E-state index contributed by atoms with van der Waals surface area (Å²) in [5, 5.41) is 5.40. The van der Waals surface area contributed by atoms with Gasteiger partial charge in [-0.05, 0) is 46.1 Å². The number of ether oxygens (including phenoxy) is 2. The first-order valence-corrected chi connectivity index (χ1v) is 15.6. The molecule has 0 aromatic carbocycles. The number of aromatic nitrogens is 4. The zero-order valence-electron chi connectivity index (χ0n) is 21.3. The molecule has 2 aromatic heterocycles. The number of hydrogen-bond donors (Lipinski definition) is 0. The molecule has 2 aromatic rings. The zero-order chi connectivity index (χ0) is 24.2. The van der Waals surface area contributed by atoms with Gasteiger partial charge in [-0.25, -0.2) is 19.4 Å². The Morgan fingerprint density at radius 2 is 2.00 bits per heavy atom. The van der Waals surface area contributed by atoms with Gasteiger partial charge in [0.05, 0.1) is 11.6 Å². The summed E-state index contributed by atoms with van der Waals surface area (Å²) in [6.07, 6.45) is 6.14. The van der Waals surface area contributed by atoms with E-state index in [9.17, 15) is 4.79 Å². The molecule has 0 spiro atoms. The fourth-order valence-corrected chi connectivity index (χ4v) is 4.64. The molecule has 3 rings (SSSR count). The number of fused-ring (bicyclic) bond motifs is 1. The van der Waals surface area contributed by atoms with Gasteiger partial charge in [0.15, 0.2) is 5.65 Å². The highest BCUT2D eigenvalue weighted by Crippen LogP contribution is 2.26. The molecular formula is C23H40N6O3Si. The monoisotopic (exact) mass is 476 g/mol. The van der Waals surface area contributed by atoms with Crippen LogP contribution in [0.25, 0.3) is 11.0 Å². The standard InChI is InChI=1S/C23H40N6O3Si/c1-23(2,3)32-22(30)28-11-9-8-10-18(15-28)27(4)20-19-14-26-29(21(19)25-16-24-20)17-31-12-13-33(5,6)7/h14,16,18H,8-13,15,17H2,1-7H3. The van der Waals surface area contributed by atoms with Crippen LogP contribution in [0.1, 0.15) is 40.0 Å². The first-order valence-electron chi connectivity index (χ1n) is 11.9. The number of anilines is 1. The first-order chi connectivity index (χ1) is 15.4. The second-order valence-corrected chi connectivity index (χ2v) is 16.7. The largest absolute Gasteiger partial charge is 0.444 e. The lowest BCUT2D eigenvalue weighted by Crippen LogP contribution is -2.45. The second kappa shape index (κ2) is 10.4. The second-order valence-electron chi connectivity index (χ2n) is 11.1. The van der Waals surface area contributed by atoms with E-state index in [1.807, 2.05) is 38.9 Å². The molecule has 9 nitrogen and oxygen atoms in total. The highest BCUT2D eigenvalue weighted by Gasteiger charge is 2.29. The molecule has 1 aliphatic heterocycles. The minimum absolute atomic E-state index is 0.134. The van der Waals surface area contributed by atoms with E-state index >= 15 is 0 Å². The maximum Gasteiger partial charge on any atom is 0.410 e. The third-order valence-electron chi connectivity index (χ3n) is 5.80. The van der Waals surface area contributed by atoms with E-state index in [-0.39, 0.29) is 12.1 Å². The van der Waals surface area contributed by atoms with Crippen LogP contribution < -0.4 is 4.90 Å². The van der Waals surface area contributed by atoms with Crippen molar-refractivity contribution < 1.29 is 14.3 Å². The highest BCUT2D eigenvalue weighted by atomic mass is 28.3. The van der Waals surface area contributed by atoms with Crippen molar-refractivity contribution in [2.24, 2.45) is 0 Å². The summed E-state index contributed by atoms with van der Waals surface area (Å²) in [6, 6.07) is 1.25. The SMILES string of the molecule is CN(c1ncnc2c1cnn2COCC[Si](C)(C)C)C1CCCCN(C(=O)OC(C)(C)C)C1. The van der Waals surface area contributed by atoms with Crippen molar-refractivity contribution in [3.63, 3.8) is 0 Å². The quantitative estimate of drug-likeness (QED) is 0.433. The lowest BCUT2D eigenvalue weighted by atomic mass is 10.1. The fourth-order valence-electron chi connectivity index (χ4n) is 3.89. The summed E-state index contributed by atoms with van der Waals surface area (Å²) < 4.78 is 13.3. The van der Waals surface area contributed by atoms with Gasteiger partial charge in [-0.3, -0.25) is 0 Å². The van der Waals surface area contributed by atoms with E-state index in [4.69, 9.17) is 9.47 Å². The van der Waals surface area contributed by atoms with Crippen molar-refractivity contribution in [2.75, 3.05) is 31.6 Å². The fraction of sp³-hybridized carbons (Fsp3) is 0.739. The summed E-state index contributed by atoms with van der Waals surface area (Å²) in [5.74, 6) is 0.824. The van der Waals surface area contributed by atoms with Crippen molar-refractivity contribution in [3.05, 3.63) is 12.5 Å². The predicted octanol–water partition coefficient (Wildman–Crippen LogP) is 4.36. The Kier molecular flexibility index (Phi) is 7.99. The Hall–Kier alpha value is -2.20. The molecular weight excluding hydrogens is 436 g/mol. The number of likely N-dealkylation sites (tertiary alicyclic amines) is 1. The normalized spacial score (nSPS) is 17.8. The third kappa shape index (κ3) is 7.14. The van der Waals surface area contributed by atoms with Crippen molar-refractivity contribution in [1.82, 2.24) is 24.6 Å². The van der Waals surface area contributed by atoms with Gasteiger partial charge in [-0.2, -0.15) is 5.10 Å². The van der Waals surface area contributed by atoms with E-state index in [2.05, 4.69) is 39.6 Å². The maximum atomic E-state index is 12.7. The van der Waals surface area contributed by atoms with Crippen LogP contribution in [-0.2, 0) is 16.2 Å². The number of amides is 1. The summed E-state index contributed by atoms with van der Waals surface area (Å²) in [7, 11) is 0.903. The minimum Gasteiger partial charge on any atom is -0.444 e. The molecule has 184 valence electrons. The van der Waals surface area contributed by atoms with Gasteiger partial charge in [0.25, 0.3) is 0 Å². The van der Waals surface area contributed by atoms with Crippen LogP contribution in [0, 0.1) is 0 Å². The van der Waals surface area contributed by atoms with Gasteiger partial charge in [0.1, 0.15) is 24.5 Å². The summed E-state index contributed by atoms with van der Waals surface area (Å²) in [6.45, 7) is 15.1. The molecule has 1 atom stereocenters. The molecule has 0 aliphatic carbocycles. The number of carbonyl (C=O) groups is 1. The molecule has 0 bridgehead atoms. The van der Waals surface area contributed by atoms with Gasteiger partial charge in [0.2, 0.25) is 0 Å². The topological polar surface area (TPSA) is 85.6 Å². The molecule has 1 unspecified atom stereocenters. The Balaban J connectivity index is 1.72. The predicted molar refractivity (Wildman–Crippen MR) is 133 cm³/mol. The van der Waals surface area contributed by atoms with Gasteiger partial charge < -0.3 is 19.3 Å². The molecule has 33 heavy (non-hydrogen) atoms. The van der Waals surface area contributed by atoms with Crippen LogP contribution in [0.15, 0.2) is 12.5 Å². The van der Waals surface area contributed by atoms with Gasteiger partial charge in [0, 0.05) is 40.9 Å². The van der Waals surface area contributed by atoms with E-state index in [1.54, 1.807) is 11.0 Å². The van der Waals surface area contributed by atoms with Crippen molar-refractivity contribution >= 4 is 31.0 Å². The zero-order valence-corrected chi connectivity index (χ0v) is 22.3. The summed E-state index contributed by atoms with van der Waals surface area (Å²) in [4.78, 5) is 25.7. The lowest BCUT2D eigenvalue weighted by Gasteiger charge is -2.33. The molecule has 1 saturated heterocycles. The number of hydrogen-bond acceptors (Lipinski definition) is 7. The lowest BCUT2D eigenvalue weighted by molar-refractivity contribution is 0.0249. The Labute approximate surface area is 198 Å². The Bertz CT molecular complexity index is 936. The van der Waals surface area contributed by atoms with Crippen molar-refractivity contribution in [2.45, 2.75) is 84.1 Å². The van der Waals surface area contributed by atoms with Crippen LogP contribution in [0.5, 0.6) is 0 Å². The number of nitrogens with zero attached hydrogens (tertiary/aromatic N) is 6. The average Bonchev–Trinajstić information content (AvgIpc) is 2.96. The number of carbonyl (C=O) groups excluding carboxylic acids is 1. The van der Waals surface area contributed by atoms with E-state index in [0.717, 1.165) is 48.8 Å². The molecule has 0 N–H and O–H groups in total. The van der Waals surface area contributed by atoms with Crippen LogP contribution in [0.2, 0.25) is 25.7 Å². The Morgan fingerprint density at radius 3 is 2.70 bits per heavy atom. The molecule has 1 fully saturated rings. The Morgan fingerprint density at radius 1 is 1.24 bits per heavy atom. The first kappa shape index (κ1) is 25.4. The molecule has 10 heteroatoms. The smallest absolute Gasteiger partial charge is 0.410 e.